The molecule has 0 saturated carbocycles. The molecule has 0 amide bonds. The van der Waals surface area contributed by atoms with Crippen LogP contribution in [0.25, 0.3) is 0 Å². The van der Waals surface area contributed by atoms with E-state index >= 15 is 0 Å². The Labute approximate surface area is 119 Å². The molecule has 0 aliphatic heterocycles. The largest absolute Gasteiger partial charge is 0.399 e. The van der Waals surface area contributed by atoms with Crippen LogP contribution in [0, 0.1) is 0 Å². The van der Waals surface area contributed by atoms with E-state index in [9.17, 15) is 0 Å². The van der Waals surface area contributed by atoms with Crippen LogP contribution < -0.4 is 11.1 Å². The molecule has 1 unspecified atom stereocenters. The molecule has 0 spiro atoms. The molecule has 3 N–H and O–H groups in total. The fourth-order valence-corrected chi connectivity index (χ4v) is 2.72. The van der Waals surface area contributed by atoms with E-state index in [1.807, 2.05) is 12.1 Å². The van der Waals surface area contributed by atoms with Crippen molar-refractivity contribution in [2.24, 2.45) is 0 Å². The van der Waals surface area contributed by atoms with E-state index in [1.165, 1.54) is 29.7 Å². The van der Waals surface area contributed by atoms with E-state index in [0.29, 0.717) is 0 Å². The standard InChI is InChI=1S/C16H20N4/c1-11(12-6-8-13(17)9-7-12)20-16-14-4-2-3-5-15(14)18-10-19-16/h6-11H,2-5,17H2,1H3,(H,18,19,20). The monoisotopic (exact) mass is 268 g/mol. The fourth-order valence-electron chi connectivity index (χ4n) is 2.72. The molecule has 1 aliphatic carbocycles. The average molecular weight is 268 g/mol. The molecule has 0 saturated heterocycles. The Bertz CT molecular complexity index is 592. The Morgan fingerprint density at radius 3 is 2.65 bits per heavy atom. The van der Waals surface area contributed by atoms with Crippen LogP contribution in [0.15, 0.2) is 30.6 Å². The first-order valence-electron chi connectivity index (χ1n) is 7.19. The first kappa shape index (κ1) is 12.9. The third-order valence-electron chi connectivity index (χ3n) is 3.91. The average Bonchev–Trinajstić information content (AvgIpc) is 2.48. The lowest BCUT2D eigenvalue weighted by atomic mass is 9.96. The lowest BCUT2D eigenvalue weighted by Gasteiger charge is -2.21. The molecule has 0 fully saturated rings. The highest BCUT2D eigenvalue weighted by Crippen LogP contribution is 2.27. The lowest BCUT2D eigenvalue weighted by Crippen LogP contribution is -2.14. The van der Waals surface area contributed by atoms with Crippen molar-refractivity contribution in [2.45, 2.75) is 38.6 Å². The SMILES string of the molecule is CC(Nc1ncnc2c1CCCC2)c1ccc(N)cc1. The van der Waals surface area contributed by atoms with Crippen molar-refractivity contribution in [1.29, 1.82) is 0 Å². The van der Waals surface area contributed by atoms with Gasteiger partial charge >= 0.3 is 0 Å². The van der Waals surface area contributed by atoms with Gasteiger partial charge in [0, 0.05) is 23.0 Å². The van der Waals surface area contributed by atoms with E-state index in [-0.39, 0.29) is 6.04 Å². The van der Waals surface area contributed by atoms with Gasteiger partial charge < -0.3 is 11.1 Å². The zero-order chi connectivity index (χ0) is 13.9. The molecule has 4 heteroatoms. The van der Waals surface area contributed by atoms with Gasteiger partial charge in [-0.2, -0.15) is 0 Å². The van der Waals surface area contributed by atoms with Crippen LogP contribution in [-0.2, 0) is 12.8 Å². The second-order valence-corrected chi connectivity index (χ2v) is 5.39. The zero-order valence-electron chi connectivity index (χ0n) is 11.8. The van der Waals surface area contributed by atoms with Gasteiger partial charge in [0.15, 0.2) is 0 Å². The number of aryl methyl sites for hydroxylation is 1. The van der Waals surface area contributed by atoms with Crippen LogP contribution in [0.3, 0.4) is 0 Å². The van der Waals surface area contributed by atoms with E-state index in [2.05, 4.69) is 34.3 Å². The number of nitrogens with two attached hydrogens (primary N) is 1. The van der Waals surface area contributed by atoms with Crippen LogP contribution >= 0.6 is 0 Å². The molecule has 104 valence electrons. The van der Waals surface area contributed by atoms with E-state index < -0.39 is 0 Å². The summed E-state index contributed by atoms with van der Waals surface area (Å²) in [6.45, 7) is 2.14. The van der Waals surface area contributed by atoms with Gasteiger partial charge in [-0.25, -0.2) is 9.97 Å². The van der Waals surface area contributed by atoms with Crippen LogP contribution in [0.4, 0.5) is 11.5 Å². The Kier molecular flexibility index (Phi) is 3.54. The summed E-state index contributed by atoms with van der Waals surface area (Å²) in [6, 6.07) is 8.18. The first-order chi connectivity index (χ1) is 9.74. The van der Waals surface area contributed by atoms with Crippen molar-refractivity contribution in [3.8, 4) is 0 Å². The summed E-state index contributed by atoms with van der Waals surface area (Å²) in [4.78, 5) is 8.83. The van der Waals surface area contributed by atoms with Gasteiger partial charge in [0.05, 0.1) is 0 Å². The van der Waals surface area contributed by atoms with Gasteiger partial charge in [-0.15, -0.1) is 0 Å². The predicted molar refractivity (Wildman–Crippen MR) is 81.6 cm³/mol. The number of hydrogen-bond acceptors (Lipinski definition) is 4. The highest BCUT2D eigenvalue weighted by atomic mass is 15.0. The van der Waals surface area contributed by atoms with Crippen LogP contribution in [0.5, 0.6) is 0 Å². The second-order valence-electron chi connectivity index (χ2n) is 5.39. The Hall–Kier alpha value is -2.10. The summed E-state index contributed by atoms with van der Waals surface area (Å²) in [6.07, 6.45) is 6.28. The number of nitrogens with one attached hydrogen (secondary N) is 1. The molecule has 1 aromatic carbocycles. The minimum Gasteiger partial charge on any atom is -0.399 e. The quantitative estimate of drug-likeness (QED) is 0.840. The minimum absolute atomic E-state index is 0.205. The number of rotatable bonds is 3. The van der Waals surface area contributed by atoms with Crippen molar-refractivity contribution in [3.05, 3.63) is 47.4 Å². The van der Waals surface area contributed by atoms with Crippen molar-refractivity contribution in [2.75, 3.05) is 11.1 Å². The summed E-state index contributed by atoms with van der Waals surface area (Å²) >= 11 is 0. The zero-order valence-corrected chi connectivity index (χ0v) is 11.8. The van der Waals surface area contributed by atoms with E-state index in [4.69, 9.17) is 5.73 Å². The molecule has 2 aromatic rings. The third kappa shape index (κ3) is 2.59. The Morgan fingerprint density at radius 2 is 1.85 bits per heavy atom. The maximum absolute atomic E-state index is 5.73. The summed E-state index contributed by atoms with van der Waals surface area (Å²) in [5, 5.41) is 3.51. The first-order valence-corrected chi connectivity index (χ1v) is 7.19. The maximum atomic E-state index is 5.73. The van der Waals surface area contributed by atoms with Gasteiger partial charge in [-0.1, -0.05) is 12.1 Å². The second kappa shape index (κ2) is 5.49. The summed E-state index contributed by atoms with van der Waals surface area (Å²) in [5.41, 5.74) is 10.2. The van der Waals surface area contributed by atoms with Crippen LogP contribution in [0.1, 0.15) is 42.6 Å². The summed E-state index contributed by atoms with van der Waals surface area (Å²) in [5.74, 6) is 0.985. The number of nitrogen functional groups attached to an aromatic ring is 1. The van der Waals surface area contributed by atoms with Crippen LogP contribution in [-0.4, -0.2) is 9.97 Å². The topological polar surface area (TPSA) is 63.8 Å². The van der Waals surface area contributed by atoms with Crippen molar-refractivity contribution in [1.82, 2.24) is 9.97 Å². The van der Waals surface area contributed by atoms with Crippen molar-refractivity contribution < 1.29 is 0 Å². The molecular weight excluding hydrogens is 248 g/mol. The third-order valence-corrected chi connectivity index (χ3v) is 3.91. The molecule has 1 aliphatic rings. The molecule has 0 radical (unpaired) electrons. The maximum Gasteiger partial charge on any atom is 0.133 e. The van der Waals surface area contributed by atoms with E-state index in [1.54, 1.807) is 6.33 Å². The summed E-state index contributed by atoms with van der Waals surface area (Å²) in [7, 11) is 0. The highest BCUT2D eigenvalue weighted by molar-refractivity contribution is 5.49. The number of hydrogen-bond donors (Lipinski definition) is 2. The van der Waals surface area contributed by atoms with Gasteiger partial charge in [0.1, 0.15) is 12.1 Å². The molecule has 3 rings (SSSR count). The molecule has 20 heavy (non-hydrogen) atoms. The highest BCUT2D eigenvalue weighted by Gasteiger charge is 2.16. The fraction of sp³-hybridized carbons (Fsp3) is 0.375. The molecule has 1 aromatic heterocycles. The van der Waals surface area contributed by atoms with Crippen LogP contribution in [0.2, 0.25) is 0 Å². The predicted octanol–water partition coefficient (Wildman–Crippen LogP) is 3.11. The number of benzene rings is 1. The Morgan fingerprint density at radius 1 is 1.10 bits per heavy atom. The lowest BCUT2D eigenvalue weighted by molar-refractivity contribution is 0.661. The molecule has 1 atom stereocenters. The number of aromatic nitrogens is 2. The van der Waals surface area contributed by atoms with Gasteiger partial charge in [0.25, 0.3) is 0 Å². The Balaban J connectivity index is 1.82. The molecule has 1 heterocycles. The summed E-state index contributed by atoms with van der Waals surface area (Å²) < 4.78 is 0. The number of anilines is 2. The minimum atomic E-state index is 0.205. The number of fused-ring (bicyclic) bond motifs is 1. The van der Waals surface area contributed by atoms with Crippen molar-refractivity contribution in [3.63, 3.8) is 0 Å². The number of nitrogens with zero attached hydrogens (tertiary/aromatic N) is 2. The molecule has 0 bridgehead atoms. The van der Waals surface area contributed by atoms with Gasteiger partial charge in [-0.3, -0.25) is 0 Å². The normalized spacial score (nSPS) is 15.4. The molecule has 4 nitrogen and oxygen atoms in total. The van der Waals surface area contributed by atoms with E-state index in [0.717, 1.165) is 24.3 Å². The van der Waals surface area contributed by atoms with Crippen molar-refractivity contribution >= 4 is 11.5 Å². The smallest absolute Gasteiger partial charge is 0.133 e. The van der Waals surface area contributed by atoms with Gasteiger partial charge in [-0.05, 0) is 50.3 Å². The molecular formula is C16H20N4. The van der Waals surface area contributed by atoms with Gasteiger partial charge in [0.2, 0.25) is 0 Å².